The average Bonchev–Trinajstić information content (AvgIpc) is 3.39. The Morgan fingerprint density at radius 2 is 1.81 bits per heavy atom. The molecule has 2 aromatic carbocycles. The third-order valence-electron chi connectivity index (χ3n) is 7.68. The van der Waals surface area contributed by atoms with Crippen molar-refractivity contribution in [2.75, 3.05) is 32.0 Å². The van der Waals surface area contributed by atoms with E-state index in [4.69, 9.17) is 9.47 Å². The monoisotopic (exact) mass is 595 g/mol. The van der Waals surface area contributed by atoms with E-state index in [0.717, 1.165) is 10.5 Å². The molecular weight excluding hydrogens is 561 g/mol. The van der Waals surface area contributed by atoms with Crippen LogP contribution in [0, 0.1) is 5.82 Å². The summed E-state index contributed by atoms with van der Waals surface area (Å²) < 4.78 is 24.6. The molecule has 1 spiro atoms. The summed E-state index contributed by atoms with van der Waals surface area (Å²) in [4.78, 5) is 68.4. The lowest BCUT2D eigenvalue weighted by atomic mass is 9.94. The van der Waals surface area contributed by atoms with Gasteiger partial charge in [0.15, 0.2) is 0 Å². The van der Waals surface area contributed by atoms with Crippen molar-refractivity contribution < 1.29 is 37.8 Å². The summed E-state index contributed by atoms with van der Waals surface area (Å²) in [5, 5.41) is 5.14. The van der Waals surface area contributed by atoms with E-state index in [2.05, 4.69) is 10.6 Å². The SMILES string of the molecule is CNC(=O)Nc1ccc2c(c1)CC[C@@]21OC(=O)N(CC(=O)N(Cc2ccc(F)cc2)C2CN(C(=O)OC(C)(C)C)C2)C1=O. The predicted molar refractivity (Wildman–Crippen MR) is 151 cm³/mol. The Balaban J connectivity index is 1.32. The van der Waals surface area contributed by atoms with Gasteiger partial charge in [0, 0.05) is 44.4 Å². The Morgan fingerprint density at radius 1 is 1.12 bits per heavy atom. The van der Waals surface area contributed by atoms with Gasteiger partial charge in [-0.15, -0.1) is 0 Å². The molecule has 0 saturated carbocycles. The third kappa shape index (κ3) is 5.97. The number of aryl methyl sites for hydroxylation is 1. The summed E-state index contributed by atoms with van der Waals surface area (Å²) in [6.45, 7) is 5.19. The van der Waals surface area contributed by atoms with Crippen LogP contribution in [0.3, 0.4) is 0 Å². The van der Waals surface area contributed by atoms with Crippen molar-refractivity contribution in [2.45, 2.75) is 57.4 Å². The Bertz CT molecular complexity index is 1470. The molecule has 1 atom stereocenters. The molecule has 0 unspecified atom stereocenters. The van der Waals surface area contributed by atoms with Gasteiger partial charge in [-0.2, -0.15) is 0 Å². The highest BCUT2D eigenvalue weighted by atomic mass is 19.1. The molecule has 0 bridgehead atoms. The molecule has 3 aliphatic rings. The highest BCUT2D eigenvalue weighted by Crippen LogP contribution is 2.46. The number of hydrogen-bond acceptors (Lipinski definition) is 7. The standard InChI is InChI=1S/C30H34FN5O7/c1-29(2,3)42-27(40)34-15-22(16-34)35(14-18-5-7-20(31)8-6-18)24(37)17-36-25(38)30(43-28(36)41)12-11-19-13-21(9-10-23(19)30)33-26(39)32-4/h5-10,13,22H,11-12,14-17H2,1-4H3,(H2,32,33,39)/t30-/m1/s1. The Hall–Kier alpha value is -4.68. The second-order valence-corrected chi connectivity index (χ2v) is 11.8. The number of fused-ring (bicyclic) bond motifs is 2. The first-order valence-electron chi connectivity index (χ1n) is 14.0. The first-order chi connectivity index (χ1) is 20.3. The Kier molecular flexibility index (Phi) is 7.76. The van der Waals surface area contributed by atoms with Crippen molar-refractivity contribution in [3.63, 3.8) is 0 Å². The van der Waals surface area contributed by atoms with E-state index in [1.165, 1.54) is 29.0 Å². The topological polar surface area (TPSA) is 138 Å². The smallest absolute Gasteiger partial charge is 0.418 e. The molecule has 5 rings (SSSR count). The van der Waals surface area contributed by atoms with Gasteiger partial charge in [0.1, 0.15) is 18.0 Å². The van der Waals surface area contributed by atoms with E-state index in [0.29, 0.717) is 23.2 Å². The fourth-order valence-electron chi connectivity index (χ4n) is 5.49. The molecule has 6 amide bonds. The molecule has 0 aromatic heterocycles. The number of anilines is 1. The maximum atomic E-state index is 13.7. The van der Waals surface area contributed by atoms with Gasteiger partial charge in [-0.1, -0.05) is 18.2 Å². The normalized spacial score (nSPS) is 19.6. The first-order valence-corrected chi connectivity index (χ1v) is 14.0. The van der Waals surface area contributed by atoms with E-state index < -0.39 is 59.6 Å². The molecule has 2 aromatic rings. The van der Waals surface area contributed by atoms with Crippen LogP contribution in [0.15, 0.2) is 42.5 Å². The molecule has 2 saturated heterocycles. The van der Waals surface area contributed by atoms with E-state index in [1.54, 1.807) is 51.1 Å². The van der Waals surface area contributed by atoms with Crippen LogP contribution in [0.5, 0.6) is 0 Å². The van der Waals surface area contributed by atoms with Crippen LogP contribution in [-0.2, 0) is 37.6 Å². The summed E-state index contributed by atoms with van der Waals surface area (Å²) in [5.41, 5.74) is 0.194. The molecule has 2 fully saturated rings. The zero-order valence-corrected chi connectivity index (χ0v) is 24.4. The predicted octanol–water partition coefficient (Wildman–Crippen LogP) is 3.35. The van der Waals surface area contributed by atoms with Crippen LogP contribution in [0.25, 0.3) is 0 Å². The summed E-state index contributed by atoms with van der Waals surface area (Å²) >= 11 is 0. The largest absolute Gasteiger partial charge is 0.444 e. The lowest BCUT2D eigenvalue weighted by molar-refractivity contribution is -0.144. The van der Waals surface area contributed by atoms with Gasteiger partial charge in [0.05, 0.1) is 6.04 Å². The van der Waals surface area contributed by atoms with Gasteiger partial charge in [0.25, 0.3) is 5.91 Å². The van der Waals surface area contributed by atoms with Gasteiger partial charge in [-0.3, -0.25) is 9.59 Å². The van der Waals surface area contributed by atoms with Crippen molar-refractivity contribution in [3.8, 4) is 0 Å². The van der Waals surface area contributed by atoms with Crippen molar-refractivity contribution in [1.29, 1.82) is 0 Å². The number of nitrogens with one attached hydrogen (secondary N) is 2. The number of benzene rings is 2. The maximum absolute atomic E-state index is 13.7. The maximum Gasteiger partial charge on any atom is 0.418 e. The van der Waals surface area contributed by atoms with Gasteiger partial charge in [-0.05, 0) is 62.6 Å². The van der Waals surface area contributed by atoms with Crippen LogP contribution in [0.1, 0.15) is 43.9 Å². The number of hydrogen-bond donors (Lipinski definition) is 2. The summed E-state index contributed by atoms with van der Waals surface area (Å²) in [6, 6.07) is 9.84. The van der Waals surface area contributed by atoms with Crippen LogP contribution in [0.4, 0.5) is 24.5 Å². The molecular formula is C30H34FN5O7. The number of carbonyl (C=O) groups excluding carboxylic acids is 5. The van der Waals surface area contributed by atoms with Crippen LogP contribution in [-0.4, -0.2) is 83.1 Å². The summed E-state index contributed by atoms with van der Waals surface area (Å²) in [5.74, 6) is -1.59. The Labute approximate surface area is 248 Å². The summed E-state index contributed by atoms with van der Waals surface area (Å²) in [7, 11) is 1.49. The minimum atomic E-state index is -1.55. The zero-order chi connectivity index (χ0) is 31.1. The molecule has 1 aliphatic carbocycles. The second-order valence-electron chi connectivity index (χ2n) is 11.8. The lowest BCUT2D eigenvalue weighted by Gasteiger charge is -2.45. The molecule has 13 heteroatoms. The highest BCUT2D eigenvalue weighted by Gasteiger charge is 2.58. The minimum Gasteiger partial charge on any atom is -0.444 e. The van der Waals surface area contributed by atoms with Crippen molar-refractivity contribution >= 4 is 35.7 Å². The highest BCUT2D eigenvalue weighted by molar-refractivity contribution is 6.06. The van der Waals surface area contributed by atoms with E-state index in [1.807, 2.05) is 0 Å². The number of carbonyl (C=O) groups is 5. The molecule has 2 aliphatic heterocycles. The number of likely N-dealkylation sites (tertiary alicyclic amines) is 1. The average molecular weight is 596 g/mol. The molecule has 0 radical (unpaired) electrons. The molecule has 2 heterocycles. The van der Waals surface area contributed by atoms with E-state index >= 15 is 0 Å². The van der Waals surface area contributed by atoms with Gasteiger partial charge in [-0.25, -0.2) is 23.7 Å². The van der Waals surface area contributed by atoms with Gasteiger partial charge in [0.2, 0.25) is 11.5 Å². The number of urea groups is 1. The van der Waals surface area contributed by atoms with Crippen LogP contribution in [0.2, 0.25) is 0 Å². The number of rotatable bonds is 6. The number of amides is 6. The minimum absolute atomic E-state index is 0.0815. The molecule has 43 heavy (non-hydrogen) atoms. The first kappa shape index (κ1) is 29.8. The number of imide groups is 1. The third-order valence-corrected chi connectivity index (χ3v) is 7.68. The van der Waals surface area contributed by atoms with Gasteiger partial charge < -0.3 is 29.9 Å². The summed E-state index contributed by atoms with van der Waals surface area (Å²) in [6.07, 6.45) is -0.803. The fourth-order valence-corrected chi connectivity index (χ4v) is 5.49. The quantitative estimate of drug-likeness (QED) is 0.523. The lowest BCUT2D eigenvalue weighted by Crippen LogP contribution is -2.63. The van der Waals surface area contributed by atoms with Crippen molar-refractivity contribution in [1.82, 2.24) is 20.0 Å². The number of ether oxygens (including phenoxy) is 2. The molecule has 2 N–H and O–H groups in total. The number of halogens is 1. The molecule has 228 valence electrons. The fraction of sp³-hybridized carbons (Fsp3) is 0.433. The van der Waals surface area contributed by atoms with Crippen molar-refractivity contribution in [2.24, 2.45) is 0 Å². The van der Waals surface area contributed by atoms with E-state index in [9.17, 15) is 28.4 Å². The van der Waals surface area contributed by atoms with Crippen LogP contribution < -0.4 is 10.6 Å². The number of nitrogens with zero attached hydrogens (tertiary/aromatic N) is 3. The second kappa shape index (κ2) is 11.2. The van der Waals surface area contributed by atoms with Crippen molar-refractivity contribution in [3.05, 3.63) is 65.0 Å². The van der Waals surface area contributed by atoms with Crippen LogP contribution >= 0.6 is 0 Å². The van der Waals surface area contributed by atoms with E-state index in [-0.39, 0.29) is 26.1 Å². The Morgan fingerprint density at radius 3 is 2.47 bits per heavy atom. The van der Waals surface area contributed by atoms with Gasteiger partial charge >= 0.3 is 18.2 Å². The zero-order valence-electron chi connectivity index (χ0n) is 24.4. The molecule has 12 nitrogen and oxygen atoms in total.